The molecule has 244 valence electrons. The highest BCUT2D eigenvalue weighted by molar-refractivity contribution is 7.89. The van der Waals surface area contributed by atoms with Crippen LogP contribution in [0.3, 0.4) is 0 Å². The molecule has 1 aliphatic heterocycles. The van der Waals surface area contributed by atoms with Gasteiger partial charge in [-0.05, 0) is 97.0 Å². The molecule has 7 nitrogen and oxygen atoms in total. The smallest absolute Gasteiger partial charge is 0.337 e. The van der Waals surface area contributed by atoms with E-state index < -0.39 is 16.0 Å². The van der Waals surface area contributed by atoms with Crippen LogP contribution in [0.1, 0.15) is 76.4 Å². The number of nitrogens with zero attached hydrogens (tertiary/aromatic N) is 3. The van der Waals surface area contributed by atoms with Gasteiger partial charge in [-0.3, -0.25) is 0 Å². The minimum Gasteiger partial charge on any atom is -0.478 e. The second-order valence-corrected chi connectivity index (χ2v) is 15.2. The number of carboxylic acids is 1. The maximum atomic E-state index is 13.5. The first-order valence-electron chi connectivity index (χ1n) is 15.2. The van der Waals surface area contributed by atoms with Gasteiger partial charge in [-0.2, -0.15) is 4.31 Å². The van der Waals surface area contributed by atoms with E-state index in [2.05, 4.69) is 47.0 Å². The first-order valence-corrected chi connectivity index (χ1v) is 17.7. The zero-order valence-electron chi connectivity index (χ0n) is 25.0. The van der Waals surface area contributed by atoms with Gasteiger partial charge in [0.1, 0.15) is 5.82 Å². The topological polar surface area (TPSA) is 92.5 Å². The number of fused-ring (bicyclic) bond motifs is 1. The maximum absolute atomic E-state index is 13.5. The number of halogens is 4. The van der Waals surface area contributed by atoms with Crippen molar-refractivity contribution in [2.24, 2.45) is 0 Å². The summed E-state index contributed by atoms with van der Waals surface area (Å²) in [6.45, 7) is 0.653. The van der Waals surface area contributed by atoms with Crippen molar-refractivity contribution in [3.05, 3.63) is 128 Å². The van der Waals surface area contributed by atoms with E-state index in [0.717, 1.165) is 46.4 Å². The van der Waals surface area contributed by atoms with E-state index in [1.54, 1.807) is 0 Å². The lowest BCUT2D eigenvalue weighted by molar-refractivity contribution is 0.0697. The van der Waals surface area contributed by atoms with Crippen molar-refractivity contribution in [2.75, 3.05) is 13.1 Å². The molecule has 0 radical (unpaired) electrons. The molecule has 5 aromatic rings. The van der Waals surface area contributed by atoms with Crippen molar-refractivity contribution in [1.29, 1.82) is 0 Å². The average Bonchev–Trinajstić information content (AvgIpc) is 3.83. The van der Waals surface area contributed by atoms with Crippen molar-refractivity contribution in [2.45, 2.75) is 48.5 Å². The summed E-state index contributed by atoms with van der Waals surface area (Å²) in [5, 5.41) is 10.5. The van der Waals surface area contributed by atoms with Crippen LogP contribution in [0.15, 0.2) is 89.8 Å². The predicted molar refractivity (Wildman–Crippen MR) is 188 cm³/mol. The number of carboxylic acid groups (broad SMARTS) is 1. The number of aromatic nitrogens is 2. The Morgan fingerprint density at radius 3 is 1.89 bits per heavy atom. The fraction of sp³-hybridized carbons (Fsp3) is 0.257. The van der Waals surface area contributed by atoms with Gasteiger partial charge in [0.2, 0.25) is 10.0 Å². The van der Waals surface area contributed by atoms with Crippen LogP contribution < -0.4 is 0 Å². The zero-order chi connectivity index (χ0) is 32.2. The summed E-state index contributed by atoms with van der Waals surface area (Å²) in [7, 11) is -3.85. The molecule has 1 N–H and O–H groups in total. The number of carbonyl (C=O) groups is 1. The van der Waals surface area contributed by atoms with Crippen LogP contribution in [0.25, 0.3) is 11.0 Å². The summed E-state index contributed by atoms with van der Waals surface area (Å²) in [6, 6.07) is 26.1. The van der Waals surface area contributed by atoms with E-state index in [1.165, 1.54) is 22.5 Å². The van der Waals surface area contributed by atoms with Gasteiger partial charge in [0.15, 0.2) is 0 Å². The molecule has 0 unspecified atom stereocenters. The van der Waals surface area contributed by atoms with E-state index in [1.807, 2.05) is 24.3 Å². The molecule has 4 aromatic carbocycles. The highest BCUT2D eigenvalue weighted by Gasteiger charge is 2.36. The molecule has 1 aromatic heterocycles. The molecule has 2 heterocycles. The SMILES string of the molecule is Cl.O=C(O)c1ccc(S(=O)(=O)N2CCC(n3c(C4CC4)nc4ccc(C(c5ccc(Cl)cc5)c5ccc(Cl)cc5)cc43)CC2)cc1Cl. The van der Waals surface area contributed by atoms with E-state index in [-0.39, 0.29) is 39.8 Å². The molecule has 7 rings (SSSR count). The van der Waals surface area contributed by atoms with Crippen molar-refractivity contribution in [1.82, 2.24) is 13.9 Å². The molecule has 12 heteroatoms. The van der Waals surface area contributed by atoms with E-state index in [9.17, 15) is 18.3 Å². The zero-order valence-corrected chi connectivity index (χ0v) is 28.9. The minimum atomic E-state index is -3.85. The standard InChI is InChI=1S/C35H30Cl3N3O4S.ClH/c36-25-8-3-21(4-9-25)33(22-5-10-26(37)11-6-22)24-7-14-31-32(19-24)41(34(39-31)23-1-2-23)27-15-17-40(18-16-27)46(44,45)28-12-13-29(35(42)43)30(38)20-28;/h3-14,19-20,23,27,33H,1-2,15-18H2,(H,42,43);1H. The fourth-order valence-electron chi connectivity index (χ4n) is 6.53. The molecule has 0 atom stereocenters. The van der Waals surface area contributed by atoms with Crippen LogP contribution in [0.2, 0.25) is 15.1 Å². The van der Waals surface area contributed by atoms with Crippen molar-refractivity contribution < 1.29 is 18.3 Å². The number of aromatic carboxylic acids is 1. The van der Waals surface area contributed by atoms with Crippen molar-refractivity contribution in [3.63, 3.8) is 0 Å². The first kappa shape index (κ1) is 33.8. The number of rotatable bonds is 8. The number of benzene rings is 4. The molecule has 0 amide bonds. The molecule has 0 spiro atoms. The third kappa shape index (κ3) is 6.64. The molecular weight excluding hydrogens is 700 g/mol. The lowest BCUT2D eigenvalue weighted by atomic mass is 9.85. The van der Waals surface area contributed by atoms with Crippen LogP contribution in [-0.4, -0.2) is 46.4 Å². The Hall–Kier alpha value is -3.11. The summed E-state index contributed by atoms with van der Waals surface area (Å²) in [5.41, 5.74) is 5.17. The minimum absolute atomic E-state index is 0. The normalized spacial score (nSPS) is 16.0. The Morgan fingerprint density at radius 1 is 0.787 bits per heavy atom. The summed E-state index contributed by atoms with van der Waals surface area (Å²) >= 11 is 18.6. The number of sulfonamides is 1. The maximum Gasteiger partial charge on any atom is 0.337 e. The Labute approximate surface area is 294 Å². The van der Waals surface area contributed by atoms with Crippen LogP contribution in [0, 0.1) is 0 Å². The molecule has 1 aliphatic carbocycles. The van der Waals surface area contributed by atoms with Gasteiger partial charge in [0, 0.05) is 41.0 Å². The number of piperidine rings is 1. The molecule has 47 heavy (non-hydrogen) atoms. The van der Waals surface area contributed by atoms with E-state index in [0.29, 0.717) is 41.9 Å². The van der Waals surface area contributed by atoms with Gasteiger partial charge in [-0.15, -0.1) is 12.4 Å². The largest absolute Gasteiger partial charge is 0.478 e. The first-order chi connectivity index (χ1) is 22.1. The van der Waals surface area contributed by atoms with Crippen LogP contribution in [0.5, 0.6) is 0 Å². The summed E-state index contributed by atoms with van der Waals surface area (Å²) in [5.74, 6) is 0.206. The van der Waals surface area contributed by atoms with E-state index in [4.69, 9.17) is 39.8 Å². The lowest BCUT2D eigenvalue weighted by Crippen LogP contribution is -2.39. The highest BCUT2D eigenvalue weighted by atomic mass is 35.5. The highest BCUT2D eigenvalue weighted by Crippen LogP contribution is 2.44. The average molecular weight is 732 g/mol. The monoisotopic (exact) mass is 729 g/mol. The van der Waals surface area contributed by atoms with Gasteiger partial charge in [-0.25, -0.2) is 18.2 Å². The van der Waals surface area contributed by atoms with Gasteiger partial charge in [0.25, 0.3) is 0 Å². The predicted octanol–water partition coefficient (Wildman–Crippen LogP) is 9.20. The van der Waals surface area contributed by atoms with Crippen molar-refractivity contribution in [3.8, 4) is 0 Å². The number of hydrogen-bond acceptors (Lipinski definition) is 4. The van der Waals surface area contributed by atoms with Crippen molar-refractivity contribution >= 4 is 74.2 Å². The van der Waals surface area contributed by atoms with E-state index >= 15 is 0 Å². The third-order valence-corrected chi connectivity index (χ3v) is 11.7. The Bertz CT molecular complexity index is 2010. The quantitative estimate of drug-likeness (QED) is 0.161. The summed E-state index contributed by atoms with van der Waals surface area (Å²) in [6.07, 6.45) is 3.42. The Balaban J connectivity index is 0.00000386. The molecule has 1 saturated carbocycles. The lowest BCUT2D eigenvalue weighted by Gasteiger charge is -2.33. The molecule has 0 bridgehead atoms. The number of imidazole rings is 1. The summed E-state index contributed by atoms with van der Waals surface area (Å²) in [4.78, 5) is 16.5. The summed E-state index contributed by atoms with van der Waals surface area (Å²) < 4.78 is 30.9. The van der Waals surface area contributed by atoms with Gasteiger partial charge < -0.3 is 9.67 Å². The molecule has 1 saturated heterocycles. The Morgan fingerprint density at radius 2 is 1.36 bits per heavy atom. The molecule has 2 aliphatic rings. The Kier molecular flexibility index (Phi) is 9.64. The van der Waals surface area contributed by atoms with Crippen LogP contribution in [-0.2, 0) is 10.0 Å². The third-order valence-electron chi connectivity index (χ3n) is 9.02. The molecule has 2 fully saturated rings. The van der Waals surface area contributed by atoms with Crippen LogP contribution >= 0.6 is 47.2 Å². The van der Waals surface area contributed by atoms with Gasteiger partial charge in [0.05, 0.1) is 26.5 Å². The van der Waals surface area contributed by atoms with Gasteiger partial charge in [-0.1, -0.05) is 65.1 Å². The second-order valence-electron chi connectivity index (χ2n) is 12.0. The number of hydrogen-bond donors (Lipinski definition) is 1. The fourth-order valence-corrected chi connectivity index (χ4v) is 8.60. The van der Waals surface area contributed by atoms with Gasteiger partial charge >= 0.3 is 5.97 Å². The second kappa shape index (κ2) is 13.4. The van der Waals surface area contributed by atoms with Crippen LogP contribution in [0.4, 0.5) is 0 Å². The molecular formula is C35H31Cl4N3O4S.